The van der Waals surface area contributed by atoms with Gasteiger partial charge in [-0.25, -0.2) is 4.98 Å². The summed E-state index contributed by atoms with van der Waals surface area (Å²) in [5, 5.41) is 2.79. The Morgan fingerprint density at radius 1 is 1.42 bits per heavy atom. The van der Waals surface area contributed by atoms with Crippen LogP contribution in [0.5, 0.6) is 0 Å². The maximum atomic E-state index is 12.4. The van der Waals surface area contributed by atoms with E-state index in [1.54, 1.807) is 0 Å². The first kappa shape index (κ1) is 14.1. The summed E-state index contributed by atoms with van der Waals surface area (Å²) in [6.45, 7) is 1.92. The van der Waals surface area contributed by atoms with Gasteiger partial charge in [0.1, 0.15) is 4.88 Å². The second-order valence-electron chi connectivity index (χ2n) is 3.66. The maximum Gasteiger partial charge on any atom is 0.443 e. The average molecular weight is 307 g/mol. The number of thiazole rings is 1. The Hall–Kier alpha value is -1.35. The lowest BCUT2D eigenvalue weighted by atomic mass is 10.2. The molecule has 0 bridgehead atoms. The number of aromatic nitrogens is 3. The van der Waals surface area contributed by atoms with Gasteiger partial charge < -0.3 is 0 Å². The third-order valence-corrected chi connectivity index (χ3v) is 4.03. The number of carbonyl (C=O) groups excluding carboxylic acids is 1. The van der Waals surface area contributed by atoms with E-state index in [-0.39, 0.29) is 4.88 Å². The minimum absolute atomic E-state index is 0.0456. The Labute approximate surface area is 114 Å². The number of aryl methyl sites for hydroxylation is 1. The molecule has 0 aliphatic carbocycles. The van der Waals surface area contributed by atoms with Gasteiger partial charge >= 0.3 is 6.18 Å². The van der Waals surface area contributed by atoms with Gasteiger partial charge in [0.25, 0.3) is 0 Å². The molecule has 0 radical (unpaired) electrons. The highest BCUT2D eigenvalue weighted by molar-refractivity contribution is 7.15. The summed E-state index contributed by atoms with van der Waals surface area (Å²) in [7, 11) is 0. The summed E-state index contributed by atoms with van der Waals surface area (Å²) in [6, 6.07) is 0. The molecule has 2 aromatic heterocycles. The van der Waals surface area contributed by atoms with Gasteiger partial charge in [-0.2, -0.15) is 13.2 Å². The number of nitrogens with zero attached hydrogens (tertiary/aromatic N) is 3. The summed E-state index contributed by atoms with van der Waals surface area (Å²) >= 11 is 1.23. The summed E-state index contributed by atoms with van der Waals surface area (Å²) in [5.41, 5.74) is 0.527. The zero-order valence-corrected chi connectivity index (χ0v) is 11.3. The molecule has 2 aromatic rings. The molecule has 4 nitrogen and oxygen atoms in total. The highest BCUT2D eigenvalue weighted by Crippen LogP contribution is 2.33. The predicted octanol–water partition coefficient (Wildman–Crippen LogP) is 3.20. The molecule has 0 aliphatic heterocycles. The maximum absolute atomic E-state index is 12.4. The molecule has 0 N–H and O–H groups in total. The summed E-state index contributed by atoms with van der Waals surface area (Å²) in [5.74, 6) is -0.494. The molecule has 0 unspecified atom stereocenters. The Morgan fingerprint density at radius 2 is 2.16 bits per heavy atom. The van der Waals surface area contributed by atoms with Crippen molar-refractivity contribution in [2.75, 3.05) is 0 Å². The molecule has 0 saturated carbocycles. The van der Waals surface area contributed by atoms with E-state index in [0.717, 1.165) is 24.2 Å². The second kappa shape index (κ2) is 5.33. The smallest absolute Gasteiger partial charge is 0.287 e. The van der Waals surface area contributed by atoms with Crippen molar-refractivity contribution in [3.63, 3.8) is 0 Å². The second-order valence-corrected chi connectivity index (χ2v) is 5.44. The van der Waals surface area contributed by atoms with Crippen LogP contribution < -0.4 is 0 Å². The zero-order valence-electron chi connectivity index (χ0n) is 9.69. The molecule has 0 aliphatic rings. The van der Waals surface area contributed by atoms with Crippen molar-refractivity contribution in [1.29, 1.82) is 0 Å². The van der Waals surface area contributed by atoms with Crippen LogP contribution in [0, 0.1) is 0 Å². The number of halogens is 3. The first-order valence-electron chi connectivity index (χ1n) is 5.32. The summed E-state index contributed by atoms with van der Waals surface area (Å²) in [4.78, 5) is 15.6. The van der Waals surface area contributed by atoms with Crippen molar-refractivity contribution in [2.24, 2.45) is 0 Å². The number of carbonyl (C=O) groups is 1. The first-order valence-corrected chi connectivity index (χ1v) is 6.91. The normalized spacial score (nSPS) is 11.8. The van der Waals surface area contributed by atoms with Crippen LogP contribution in [-0.2, 0) is 12.6 Å². The summed E-state index contributed by atoms with van der Waals surface area (Å²) in [6.07, 6.45) is -2.22. The van der Waals surface area contributed by atoms with Crippen LogP contribution in [0.4, 0.5) is 13.2 Å². The fraction of sp³-hybridized carbons (Fsp3) is 0.400. The van der Waals surface area contributed by atoms with Gasteiger partial charge in [-0.05, 0) is 18.0 Å². The number of alkyl halides is 3. The molecule has 0 aromatic carbocycles. The lowest BCUT2D eigenvalue weighted by Gasteiger charge is -1.99. The highest BCUT2D eigenvalue weighted by Gasteiger charge is 2.35. The van der Waals surface area contributed by atoms with Crippen LogP contribution in [-0.4, -0.2) is 20.4 Å². The van der Waals surface area contributed by atoms with E-state index in [4.69, 9.17) is 0 Å². The predicted molar refractivity (Wildman–Crippen MR) is 64.5 cm³/mol. The van der Waals surface area contributed by atoms with Crippen molar-refractivity contribution in [1.82, 2.24) is 14.6 Å². The summed E-state index contributed by atoms with van der Waals surface area (Å²) < 4.78 is 40.9. The van der Waals surface area contributed by atoms with Gasteiger partial charge in [0.15, 0.2) is 5.01 Å². The molecular weight excluding hydrogens is 299 g/mol. The zero-order chi connectivity index (χ0) is 14.0. The van der Waals surface area contributed by atoms with E-state index in [1.807, 2.05) is 6.92 Å². The molecule has 102 valence electrons. The Kier molecular flexibility index (Phi) is 3.95. The number of ketones is 1. The van der Waals surface area contributed by atoms with E-state index < -0.39 is 17.0 Å². The van der Waals surface area contributed by atoms with Crippen molar-refractivity contribution in [2.45, 2.75) is 25.9 Å². The Bertz CT molecular complexity index is 591. The minimum atomic E-state index is -4.53. The number of hydrogen-bond acceptors (Lipinski definition) is 6. The number of rotatable bonds is 4. The van der Waals surface area contributed by atoms with Crippen LogP contribution in [0.15, 0.2) is 6.20 Å². The van der Waals surface area contributed by atoms with Gasteiger partial charge in [0.05, 0.1) is 10.6 Å². The van der Waals surface area contributed by atoms with Crippen LogP contribution in [0.3, 0.4) is 0 Å². The fourth-order valence-corrected chi connectivity index (χ4v) is 2.86. The molecule has 0 fully saturated rings. The van der Waals surface area contributed by atoms with Crippen LogP contribution in [0.1, 0.15) is 38.6 Å². The fourth-order valence-electron chi connectivity index (χ4n) is 1.40. The topological polar surface area (TPSA) is 55.7 Å². The third-order valence-electron chi connectivity index (χ3n) is 2.22. The van der Waals surface area contributed by atoms with Gasteiger partial charge in [0.2, 0.25) is 5.78 Å². The SMILES string of the molecule is CCCc1nnsc1C(=O)c1cnc(C(F)(F)F)s1. The third kappa shape index (κ3) is 2.98. The van der Waals surface area contributed by atoms with Gasteiger partial charge in [-0.3, -0.25) is 4.79 Å². The molecular formula is C10H8F3N3OS2. The molecule has 0 spiro atoms. The lowest BCUT2D eigenvalue weighted by Crippen LogP contribution is -2.03. The molecule has 0 amide bonds. The highest BCUT2D eigenvalue weighted by atomic mass is 32.1. The molecule has 0 saturated heterocycles. The molecule has 19 heavy (non-hydrogen) atoms. The first-order chi connectivity index (χ1) is 8.93. The quantitative estimate of drug-likeness (QED) is 0.814. The van der Waals surface area contributed by atoms with Gasteiger partial charge in [-0.1, -0.05) is 17.8 Å². The average Bonchev–Trinajstić information content (AvgIpc) is 2.96. The lowest BCUT2D eigenvalue weighted by molar-refractivity contribution is -0.137. The molecule has 2 rings (SSSR count). The van der Waals surface area contributed by atoms with Gasteiger partial charge in [0, 0.05) is 6.20 Å². The minimum Gasteiger partial charge on any atom is -0.287 e. The number of hydrogen-bond donors (Lipinski definition) is 0. The van der Waals surface area contributed by atoms with Gasteiger partial charge in [-0.15, -0.1) is 16.4 Å². The van der Waals surface area contributed by atoms with Crippen molar-refractivity contribution in [3.8, 4) is 0 Å². The monoisotopic (exact) mass is 307 g/mol. The molecule has 0 atom stereocenters. The van der Waals surface area contributed by atoms with Crippen molar-refractivity contribution < 1.29 is 18.0 Å². The van der Waals surface area contributed by atoms with Crippen LogP contribution in [0.2, 0.25) is 0 Å². The Morgan fingerprint density at radius 3 is 2.74 bits per heavy atom. The van der Waals surface area contributed by atoms with Crippen molar-refractivity contribution in [3.05, 3.63) is 26.7 Å². The molecule has 9 heteroatoms. The van der Waals surface area contributed by atoms with E-state index in [9.17, 15) is 18.0 Å². The van der Waals surface area contributed by atoms with E-state index in [1.165, 1.54) is 0 Å². The Balaban J connectivity index is 2.29. The standard InChI is InChI=1S/C10H8F3N3OS2/c1-2-3-5-8(19-16-15-5)7(17)6-4-14-9(18-6)10(11,12)13/h4H,2-3H2,1H3. The van der Waals surface area contributed by atoms with Crippen LogP contribution in [0.25, 0.3) is 0 Å². The van der Waals surface area contributed by atoms with Crippen molar-refractivity contribution >= 4 is 28.7 Å². The van der Waals surface area contributed by atoms with E-state index >= 15 is 0 Å². The van der Waals surface area contributed by atoms with Crippen LogP contribution >= 0.6 is 22.9 Å². The van der Waals surface area contributed by atoms with E-state index in [0.29, 0.717) is 28.3 Å². The molecule has 2 heterocycles. The van der Waals surface area contributed by atoms with E-state index in [2.05, 4.69) is 14.6 Å². The largest absolute Gasteiger partial charge is 0.443 e.